The van der Waals surface area contributed by atoms with Gasteiger partial charge < -0.3 is 14.4 Å². The number of rotatable bonds is 7. The fourth-order valence-electron chi connectivity index (χ4n) is 4.24. The number of nitrogens with zero attached hydrogens (tertiary/aromatic N) is 4. The second-order valence-electron chi connectivity index (χ2n) is 8.25. The van der Waals surface area contributed by atoms with E-state index in [-0.39, 0.29) is 17.8 Å². The number of anilines is 1. The SMILES string of the molecule is COc1cc(N2CCN(C(C=O)Cn3nc(-c4cccc(F)c4)c(Cl)c3C(F)(F)F)CC2)ccc1Cl. The van der Waals surface area contributed by atoms with Gasteiger partial charge in [0.2, 0.25) is 0 Å². The van der Waals surface area contributed by atoms with Crippen molar-refractivity contribution in [1.82, 2.24) is 14.7 Å². The quantitative estimate of drug-likeness (QED) is 0.294. The molecular formula is C24H22Cl2F4N4O2. The third kappa shape index (κ3) is 5.45. The van der Waals surface area contributed by atoms with Crippen LogP contribution in [-0.4, -0.2) is 60.3 Å². The maximum Gasteiger partial charge on any atom is 0.434 e. The summed E-state index contributed by atoms with van der Waals surface area (Å²) in [6, 6.07) is 9.53. The van der Waals surface area contributed by atoms with Crippen LogP contribution in [0, 0.1) is 5.82 Å². The van der Waals surface area contributed by atoms with Crippen LogP contribution in [0.25, 0.3) is 11.3 Å². The molecule has 0 amide bonds. The van der Waals surface area contributed by atoms with Gasteiger partial charge in [0.15, 0.2) is 5.69 Å². The Bertz CT molecular complexity index is 1240. The van der Waals surface area contributed by atoms with Gasteiger partial charge in [0.25, 0.3) is 0 Å². The molecule has 3 aromatic rings. The first-order valence-corrected chi connectivity index (χ1v) is 11.7. The van der Waals surface area contributed by atoms with Crippen molar-refractivity contribution < 1.29 is 27.1 Å². The number of benzene rings is 2. The molecule has 12 heteroatoms. The smallest absolute Gasteiger partial charge is 0.434 e. The van der Waals surface area contributed by atoms with Crippen LogP contribution in [0.5, 0.6) is 5.75 Å². The van der Waals surface area contributed by atoms with Gasteiger partial charge in [-0.15, -0.1) is 0 Å². The zero-order valence-electron chi connectivity index (χ0n) is 19.1. The lowest BCUT2D eigenvalue weighted by atomic mass is 10.1. The predicted molar refractivity (Wildman–Crippen MR) is 129 cm³/mol. The number of carbonyl (C=O) groups excluding carboxylic acids is 1. The molecule has 1 aromatic heterocycles. The molecule has 1 aliphatic rings. The predicted octanol–water partition coefficient (Wildman–Crippen LogP) is 5.41. The third-order valence-electron chi connectivity index (χ3n) is 6.06. The summed E-state index contributed by atoms with van der Waals surface area (Å²) in [6.07, 6.45) is -4.21. The molecule has 0 N–H and O–H groups in total. The second kappa shape index (κ2) is 10.7. The lowest BCUT2D eigenvalue weighted by molar-refractivity contribution is -0.144. The van der Waals surface area contributed by atoms with Crippen LogP contribution in [0.4, 0.5) is 23.2 Å². The van der Waals surface area contributed by atoms with Gasteiger partial charge in [-0.05, 0) is 24.3 Å². The van der Waals surface area contributed by atoms with E-state index >= 15 is 0 Å². The molecular weight excluding hydrogens is 523 g/mol. The van der Waals surface area contributed by atoms with Gasteiger partial charge in [0.05, 0.1) is 29.7 Å². The van der Waals surface area contributed by atoms with E-state index in [2.05, 4.69) is 10.00 Å². The zero-order chi connectivity index (χ0) is 26.0. The normalized spacial score (nSPS) is 15.7. The molecule has 0 bridgehead atoms. The highest BCUT2D eigenvalue weighted by Gasteiger charge is 2.41. The minimum atomic E-state index is -4.82. The van der Waals surface area contributed by atoms with Crippen molar-refractivity contribution in [2.45, 2.75) is 18.8 Å². The molecule has 2 aromatic carbocycles. The molecule has 0 aliphatic carbocycles. The van der Waals surface area contributed by atoms with Crippen molar-refractivity contribution >= 4 is 35.2 Å². The molecule has 6 nitrogen and oxygen atoms in total. The van der Waals surface area contributed by atoms with E-state index < -0.39 is 28.8 Å². The van der Waals surface area contributed by atoms with Crippen molar-refractivity contribution in [2.24, 2.45) is 0 Å². The summed E-state index contributed by atoms with van der Waals surface area (Å²) in [4.78, 5) is 15.8. The summed E-state index contributed by atoms with van der Waals surface area (Å²) in [5.74, 6) is -0.0969. The monoisotopic (exact) mass is 544 g/mol. The number of alkyl halides is 3. The van der Waals surface area contributed by atoms with E-state index in [1.165, 1.54) is 25.3 Å². The van der Waals surface area contributed by atoms with Gasteiger partial charge in [0.1, 0.15) is 23.5 Å². The molecule has 36 heavy (non-hydrogen) atoms. The highest BCUT2D eigenvalue weighted by molar-refractivity contribution is 6.33. The van der Waals surface area contributed by atoms with Crippen molar-refractivity contribution in [3.05, 3.63) is 64.0 Å². The van der Waals surface area contributed by atoms with Crippen LogP contribution in [0.15, 0.2) is 42.5 Å². The number of ether oxygens (including phenoxy) is 1. The Labute approximate surface area is 214 Å². The van der Waals surface area contributed by atoms with Crippen LogP contribution >= 0.6 is 23.2 Å². The Hall–Kier alpha value is -2.82. The standard InChI is InChI=1S/C24H22Cl2F4N4O2/c1-36-20-12-17(5-6-19(20)25)32-7-9-33(10-8-32)18(14-35)13-34-23(24(28,29)30)21(26)22(31-34)15-3-2-4-16(27)11-15/h2-6,11-12,14,18H,7-10,13H2,1H3. The molecule has 0 saturated carbocycles. The molecule has 192 valence electrons. The summed E-state index contributed by atoms with van der Waals surface area (Å²) < 4.78 is 61.3. The van der Waals surface area contributed by atoms with E-state index in [0.717, 1.165) is 11.8 Å². The third-order valence-corrected chi connectivity index (χ3v) is 6.73. The molecule has 1 atom stereocenters. The fraction of sp³-hybridized carbons (Fsp3) is 0.333. The highest BCUT2D eigenvalue weighted by atomic mass is 35.5. The summed E-state index contributed by atoms with van der Waals surface area (Å²) in [7, 11) is 1.52. The van der Waals surface area contributed by atoms with Gasteiger partial charge in [0, 0.05) is 43.5 Å². The highest BCUT2D eigenvalue weighted by Crippen LogP contribution is 2.40. The van der Waals surface area contributed by atoms with Gasteiger partial charge >= 0.3 is 6.18 Å². The molecule has 0 spiro atoms. The number of carbonyl (C=O) groups is 1. The average Bonchev–Trinajstić information content (AvgIpc) is 3.19. The number of hydrogen-bond acceptors (Lipinski definition) is 5. The molecule has 2 heterocycles. The van der Waals surface area contributed by atoms with E-state index in [0.29, 0.717) is 47.9 Å². The first-order valence-electron chi connectivity index (χ1n) is 11.0. The minimum Gasteiger partial charge on any atom is -0.495 e. The lowest BCUT2D eigenvalue weighted by Gasteiger charge is -2.38. The van der Waals surface area contributed by atoms with Crippen LogP contribution in [0.2, 0.25) is 10.0 Å². The summed E-state index contributed by atoms with van der Waals surface area (Å²) in [6.45, 7) is 1.58. The maximum absolute atomic E-state index is 13.9. The van der Waals surface area contributed by atoms with Crippen molar-refractivity contribution in [1.29, 1.82) is 0 Å². The Morgan fingerprint density at radius 1 is 1.11 bits per heavy atom. The second-order valence-corrected chi connectivity index (χ2v) is 9.03. The molecule has 0 radical (unpaired) electrons. The number of aromatic nitrogens is 2. The zero-order valence-corrected chi connectivity index (χ0v) is 20.6. The number of piperazine rings is 1. The van der Waals surface area contributed by atoms with Gasteiger partial charge in [-0.2, -0.15) is 18.3 Å². The molecule has 1 saturated heterocycles. The van der Waals surface area contributed by atoms with Crippen LogP contribution < -0.4 is 9.64 Å². The van der Waals surface area contributed by atoms with E-state index in [4.69, 9.17) is 27.9 Å². The number of methoxy groups -OCH3 is 1. The van der Waals surface area contributed by atoms with Crippen molar-refractivity contribution in [3.8, 4) is 17.0 Å². The van der Waals surface area contributed by atoms with Gasteiger partial charge in [-0.25, -0.2) is 4.39 Å². The Morgan fingerprint density at radius 3 is 2.44 bits per heavy atom. The van der Waals surface area contributed by atoms with Crippen LogP contribution in [0.3, 0.4) is 0 Å². The number of halogens is 6. The molecule has 1 aliphatic heterocycles. The Morgan fingerprint density at radius 2 is 1.83 bits per heavy atom. The Kier molecular flexibility index (Phi) is 7.77. The first kappa shape index (κ1) is 26.2. The van der Waals surface area contributed by atoms with E-state index in [1.807, 2.05) is 12.1 Å². The fourth-order valence-corrected chi connectivity index (χ4v) is 4.79. The van der Waals surface area contributed by atoms with E-state index in [1.54, 1.807) is 11.0 Å². The number of hydrogen-bond donors (Lipinski definition) is 0. The molecule has 1 unspecified atom stereocenters. The van der Waals surface area contributed by atoms with Crippen LogP contribution in [-0.2, 0) is 17.5 Å². The van der Waals surface area contributed by atoms with Gasteiger partial charge in [-0.1, -0.05) is 35.3 Å². The molecule has 4 rings (SSSR count). The minimum absolute atomic E-state index is 0.110. The topological polar surface area (TPSA) is 50.6 Å². The van der Waals surface area contributed by atoms with E-state index in [9.17, 15) is 22.4 Å². The van der Waals surface area contributed by atoms with Crippen molar-refractivity contribution in [2.75, 3.05) is 38.2 Å². The largest absolute Gasteiger partial charge is 0.495 e. The van der Waals surface area contributed by atoms with Gasteiger partial charge in [-0.3, -0.25) is 9.58 Å². The summed E-state index contributed by atoms with van der Waals surface area (Å²) in [5, 5.41) is 3.88. The summed E-state index contributed by atoms with van der Waals surface area (Å²) >= 11 is 12.2. The Balaban J connectivity index is 1.54. The maximum atomic E-state index is 13.9. The van der Waals surface area contributed by atoms with Crippen molar-refractivity contribution in [3.63, 3.8) is 0 Å². The lowest BCUT2D eigenvalue weighted by Crippen LogP contribution is -2.52. The summed E-state index contributed by atoms with van der Waals surface area (Å²) in [5.41, 5.74) is -0.382. The first-order chi connectivity index (χ1) is 17.1. The average molecular weight is 545 g/mol. The molecule has 1 fully saturated rings. The van der Waals surface area contributed by atoms with Crippen LogP contribution in [0.1, 0.15) is 5.69 Å². The number of aldehydes is 1.